The van der Waals surface area contributed by atoms with Crippen LogP contribution in [-0.2, 0) is 4.79 Å². The molecule has 0 bridgehead atoms. The number of piperidine rings is 1. The lowest BCUT2D eigenvalue weighted by atomic mass is 9.81. The quantitative estimate of drug-likeness (QED) is 0.407. The van der Waals surface area contributed by atoms with Gasteiger partial charge < -0.3 is 14.7 Å². The molecule has 168 valence electrons. The van der Waals surface area contributed by atoms with Crippen LogP contribution in [0, 0.1) is 11.8 Å². The number of pyridine rings is 1. The number of fused-ring (bicyclic) bond motifs is 1. The first-order valence-electron chi connectivity index (χ1n) is 11.0. The lowest BCUT2D eigenvalue weighted by molar-refractivity contribution is -0.146. The summed E-state index contributed by atoms with van der Waals surface area (Å²) in [6, 6.07) is 7.26. The van der Waals surface area contributed by atoms with Crippen molar-refractivity contribution in [1.29, 1.82) is 0 Å². The van der Waals surface area contributed by atoms with E-state index in [2.05, 4.69) is 16.8 Å². The Hall–Kier alpha value is -2.12. The summed E-state index contributed by atoms with van der Waals surface area (Å²) in [6.45, 7) is 4.59. The van der Waals surface area contributed by atoms with Crippen molar-refractivity contribution in [2.75, 3.05) is 38.2 Å². The van der Waals surface area contributed by atoms with E-state index in [0.29, 0.717) is 30.7 Å². The number of Topliss-reactive ketones (excluding diaryl/α,β-unsaturated/α-hetero) is 1. The minimum atomic E-state index is -0.748. The van der Waals surface area contributed by atoms with Gasteiger partial charge in [-0.2, -0.15) is 11.8 Å². The van der Waals surface area contributed by atoms with Crippen LogP contribution in [0.2, 0.25) is 0 Å². The molecule has 0 saturated carbocycles. The number of thioether (sulfide) groups is 1. The third-order valence-corrected chi connectivity index (χ3v) is 7.22. The molecule has 2 aromatic rings. The van der Waals surface area contributed by atoms with Crippen molar-refractivity contribution >= 4 is 34.4 Å². The van der Waals surface area contributed by atoms with Gasteiger partial charge in [-0.1, -0.05) is 6.92 Å². The van der Waals surface area contributed by atoms with E-state index in [1.54, 1.807) is 19.4 Å². The highest BCUT2D eigenvalue weighted by Gasteiger charge is 2.34. The highest BCUT2D eigenvalue weighted by Crippen LogP contribution is 2.30. The summed E-state index contributed by atoms with van der Waals surface area (Å²) in [5.41, 5.74) is 1.38. The molecule has 2 atom stereocenters. The predicted octanol–water partition coefficient (Wildman–Crippen LogP) is 4.37. The summed E-state index contributed by atoms with van der Waals surface area (Å²) in [5, 5.41) is 10.6. The fourth-order valence-electron chi connectivity index (χ4n) is 4.28. The lowest BCUT2D eigenvalue weighted by Crippen LogP contribution is -2.44. The molecule has 0 amide bonds. The monoisotopic (exact) mass is 444 g/mol. The molecule has 7 heteroatoms. The number of ether oxygens (including phenoxy) is 1. The number of carboxylic acids is 1. The molecule has 1 aliphatic rings. The number of carboxylic acid groups (broad SMARTS) is 1. The zero-order chi connectivity index (χ0) is 22.2. The molecule has 31 heavy (non-hydrogen) atoms. The Morgan fingerprint density at radius 2 is 2.13 bits per heavy atom. The van der Waals surface area contributed by atoms with Crippen molar-refractivity contribution in [3.05, 3.63) is 36.0 Å². The second-order valence-corrected chi connectivity index (χ2v) is 9.33. The summed E-state index contributed by atoms with van der Waals surface area (Å²) in [7, 11) is 1.60. The molecule has 1 aromatic carbocycles. The van der Waals surface area contributed by atoms with Crippen molar-refractivity contribution < 1.29 is 19.4 Å². The number of ketones is 1. The van der Waals surface area contributed by atoms with Crippen LogP contribution in [-0.4, -0.2) is 65.0 Å². The third-order valence-electron chi connectivity index (χ3n) is 6.05. The third kappa shape index (κ3) is 6.20. The first-order chi connectivity index (χ1) is 15.0. The summed E-state index contributed by atoms with van der Waals surface area (Å²) >= 11 is 1.92. The number of aliphatic carboxylic acids is 1. The van der Waals surface area contributed by atoms with E-state index < -0.39 is 11.9 Å². The molecular weight excluding hydrogens is 412 g/mol. The van der Waals surface area contributed by atoms with Crippen LogP contribution in [0.15, 0.2) is 30.5 Å². The number of carbonyl (C=O) groups excluding carboxylic acids is 1. The van der Waals surface area contributed by atoms with Crippen LogP contribution in [0.25, 0.3) is 10.9 Å². The topological polar surface area (TPSA) is 79.7 Å². The smallest absolute Gasteiger partial charge is 0.308 e. The van der Waals surface area contributed by atoms with Crippen molar-refractivity contribution in [3.8, 4) is 5.75 Å². The maximum absolute atomic E-state index is 13.0. The molecule has 2 unspecified atom stereocenters. The van der Waals surface area contributed by atoms with Gasteiger partial charge in [0, 0.05) is 42.4 Å². The Labute approximate surface area is 188 Å². The molecule has 3 rings (SSSR count). The van der Waals surface area contributed by atoms with E-state index in [1.165, 1.54) is 0 Å². The second kappa shape index (κ2) is 11.5. The van der Waals surface area contributed by atoms with E-state index in [9.17, 15) is 14.7 Å². The molecular formula is C24H32N2O4S. The van der Waals surface area contributed by atoms with Crippen molar-refractivity contribution in [3.63, 3.8) is 0 Å². The number of hydrogen-bond donors (Lipinski definition) is 1. The van der Waals surface area contributed by atoms with Gasteiger partial charge in [0.2, 0.25) is 0 Å². The summed E-state index contributed by atoms with van der Waals surface area (Å²) in [4.78, 5) is 31.5. The number of nitrogens with zero attached hydrogens (tertiary/aromatic N) is 2. The molecule has 1 aromatic heterocycles. The van der Waals surface area contributed by atoms with Crippen LogP contribution >= 0.6 is 11.8 Å². The van der Waals surface area contributed by atoms with Gasteiger partial charge in [0.1, 0.15) is 5.75 Å². The van der Waals surface area contributed by atoms with Crippen LogP contribution in [0.1, 0.15) is 43.0 Å². The molecule has 0 spiro atoms. The van der Waals surface area contributed by atoms with Crippen molar-refractivity contribution in [2.24, 2.45) is 11.8 Å². The molecule has 6 nitrogen and oxygen atoms in total. The predicted molar refractivity (Wildman–Crippen MR) is 125 cm³/mol. The number of benzene rings is 1. The average molecular weight is 445 g/mol. The Balaban J connectivity index is 1.62. The van der Waals surface area contributed by atoms with Gasteiger partial charge in [0.15, 0.2) is 5.78 Å². The first-order valence-corrected chi connectivity index (χ1v) is 12.2. The normalized spacial score (nSPS) is 19.4. The molecule has 1 fully saturated rings. The largest absolute Gasteiger partial charge is 0.497 e. The molecule has 1 saturated heterocycles. The summed E-state index contributed by atoms with van der Waals surface area (Å²) < 4.78 is 5.29. The average Bonchev–Trinajstić information content (AvgIpc) is 2.79. The maximum atomic E-state index is 13.0. The Morgan fingerprint density at radius 3 is 2.87 bits per heavy atom. The Kier molecular flexibility index (Phi) is 8.72. The van der Waals surface area contributed by atoms with Gasteiger partial charge in [0.25, 0.3) is 0 Å². The number of aromatic nitrogens is 1. The van der Waals surface area contributed by atoms with Gasteiger partial charge in [-0.05, 0) is 61.7 Å². The molecule has 0 aliphatic carbocycles. The Morgan fingerprint density at radius 1 is 1.29 bits per heavy atom. The number of carbonyl (C=O) groups is 2. The Bertz CT molecular complexity index is 904. The standard InChI is InChI=1S/C24H32N2O4S/c1-3-13-31-14-12-26-11-9-17(21(16-26)24(28)29)4-7-23(27)19-8-10-25-22-6-5-18(30-2)15-20(19)22/h5-6,8,10,15,17,21H,3-4,7,9,11-14,16H2,1-2H3,(H,28,29). The first kappa shape index (κ1) is 23.5. The van der Waals surface area contributed by atoms with E-state index >= 15 is 0 Å². The minimum absolute atomic E-state index is 0.0307. The zero-order valence-corrected chi connectivity index (χ0v) is 19.2. The van der Waals surface area contributed by atoms with Crippen LogP contribution in [0.5, 0.6) is 5.75 Å². The van der Waals surface area contributed by atoms with Crippen molar-refractivity contribution in [1.82, 2.24) is 9.88 Å². The minimum Gasteiger partial charge on any atom is -0.497 e. The highest BCUT2D eigenvalue weighted by atomic mass is 32.2. The number of likely N-dealkylation sites (tertiary alicyclic amines) is 1. The van der Waals surface area contributed by atoms with Crippen LogP contribution in [0.3, 0.4) is 0 Å². The van der Waals surface area contributed by atoms with Gasteiger partial charge >= 0.3 is 5.97 Å². The summed E-state index contributed by atoms with van der Waals surface area (Å²) in [5.74, 6) is 1.78. The number of hydrogen-bond acceptors (Lipinski definition) is 6. The van der Waals surface area contributed by atoms with Gasteiger partial charge in [0.05, 0.1) is 18.5 Å². The number of rotatable bonds is 11. The van der Waals surface area contributed by atoms with E-state index in [0.717, 1.165) is 48.3 Å². The zero-order valence-electron chi connectivity index (χ0n) is 18.4. The van der Waals surface area contributed by atoms with Crippen molar-refractivity contribution in [2.45, 2.75) is 32.6 Å². The van der Waals surface area contributed by atoms with Gasteiger partial charge in [-0.25, -0.2) is 0 Å². The summed E-state index contributed by atoms with van der Waals surface area (Å²) in [6.07, 6.45) is 4.59. The highest BCUT2D eigenvalue weighted by molar-refractivity contribution is 7.99. The second-order valence-electron chi connectivity index (χ2n) is 8.11. The van der Waals surface area contributed by atoms with Gasteiger partial charge in [-0.3, -0.25) is 14.6 Å². The van der Waals surface area contributed by atoms with Gasteiger partial charge in [-0.15, -0.1) is 0 Å². The van der Waals surface area contributed by atoms with Crippen LogP contribution in [0.4, 0.5) is 0 Å². The number of methoxy groups -OCH3 is 1. The SMILES string of the molecule is CCCSCCN1CCC(CCC(=O)c2ccnc3ccc(OC)cc23)C(C(=O)O)C1. The fraction of sp³-hybridized carbons (Fsp3) is 0.542. The maximum Gasteiger partial charge on any atom is 0.308 e. The molecule has 0 radical (unpaired) electrons. The van der Waals surface area contributed by atoms with Crippen LogP contribution < -0.4 is 4.74 Å². The lowest BCUT2D eigenvalue weighted by Gasteiger charge is -2.36. The van der Waals surface area contributed by atoms with E-state index in [4.69, 9.17) is 4.74 Å². The van der Waals surface area contributed by atoms with E-state index in [-0.39, 0.29) is 11.7 Å². The van der Waals surface area contributed by atoms with E-state index in [1.807, 2.05) is 30.0 Å². The molecule has 1 aliphatic heterocycles. The molecule has 1 N–H and O–H groups in total. The molecule has 2 heterocycles. The fourth-order valence-corrected chi connectivity index (χ4v) is 5.16.